The van der Waals surface area contributed by atoms with Crippen LogP contribution in [0.2, 0.25) is 0 Å². The zero-order chi connectivity index (χ0) is 14.6. The van der Waals surface area contributed by atoms with Crippen LogP contribution in [0.4, 0.5) is 0 Å². The molecule has 0 spiro atoms. The third kappa shape index (κ3) is 3.92. The molecule has 0 aliphatic carbocycles. The zero-order valence-corrected chi connectivity index (χ0v) is 12.6. The molecule has 3 nitrogen and oxygen atoms in total. The topological polar surface area (TPSA) is 37.4 Å². The van der Waals surface area contributed by atoms with Crippen molar-refractivity contribution in [2.24, 2.45) is 0 Å². The predicted molar refractivity (Wildman–Crippen MR) is 81.7 cm³/mol. The monoisotopic (exact) mass is 289 g/mol. The summed E-state index contributed by atoms with van der Waals surface area (Å²) in [4.78, 5) is 0. The fourth-order valence-electron chi connectivity index (χ4n) is 1.94. The van der Waals surface area contributed by atoms with Crippen LogP contribution in [-0.4, -0.2) is 19.8 Å². The van der Waals surface area contributed by atoms with E-state index in [-0.39, 0.29) is 5.75 Å². The minimum absolute atomic E-state index is 0.0383. The molecule has 0 bridgehead atoms. The highest BCUT2D eigenvalue weighted by Gasteiger charge is 2.18. The van der Waals surface area contributed by atoms with Crippen molar-refractivity contribution in [2.45, 2.75) is 19.2 Å². The van der Waals surface area contributed by atoms with Crippen molar-refractivity contribution >= 4 is 10.0 Å². The highest BCUT2D eigenvalue weighted by atomic mass is 32.2. The molecule has 0 aromatic heterocycles. The first-order chi connectivity index (χ1) is 9.47. The average molecular weight is 289 g/mol. The summed E-state index contributed by atoms with van der Waals surface area (Å²) >= 11 is 0. The van der Waals surface area contributed by atoms with Gasteiger partial charge in [-0.3, -0.25) is 0 Å². The maximum Gasteiger partial charge on any atom is 0.218 e. The Morgan fingerprint density at radius 2 is 1.50 bits per heavy atom. The molecule has 4 heteroatoms. The van der Waals surface area contributed by atoms with Crippen molar-refractivity contribution in [3.8, 4) is 0 Å². The lowest BCUT2D eigenvalue weighted by Crippen LogP contribution is -2.27. The molecule has 0 amide bonds. The second-order valence-corrected chi connectivity index (χ2v) is 7.06. The van der Waals surface area contributed by atoms with Crippen LogP contribution in [0.5, 0.6) is 0 Å². The van der Waals surface area contributed by atoms with Crippen LogP contribution in [-0.2, 0) is 22.3 Å². The summed E-state index contributed by atoms with van der Waals surface area (Å²) in [5.74, 6) is 0.0383. The predicted octanol–water partition coefficient (Wildman–Crippen LogP) is 2.96. The van der Waals surface area contributed by atoms with Crippen LogP contribution in [0.25, 0.3) is 0 Å². The molecule has 0 aliphatic rings. The number of benzene rings is 2. The van der Waals surface area contributed by atoms with Gasteiger partial charge in [-0.1, -0.05) is 60.2 Å². The van der Waals surface area contributed by atoms with E-state index in [1.54, 1.807) is 7.05 Å². The van der Waals surface area contributed by atoms with Crippen molar-refractivity contribution < 1.29 is 8.42 Å². The van der Waals surface area contributed by atoms with Crippen molar-refractivity contribution in [1.29, 1.82) is 0 Å². The van der Waals surface area contributed by atoms with Gasteiger partial charge in [-0.15, -0.1) is 0 Å². The van der Waals surface area contributed by atoms with E-state index in [9.17, 15) is 8.42 Å². The van der Waals surface area contributed by atoms with Gasteiger partial charge in [-0.05, 0) is 18.1 Å². The van der Waals surface area contributed by atoms with E-state index in [2.05, 4.69) is 0 Å². The minimum atomic E-state index is -3.29. The molecule has 0 N–H and O–H groups in total. The maximum absolute atomic E-state index is 12.3. The van der Waals surface area contributed by atoms with Gasteiger partial charge in [0, 0.05) is 13.6 Å². The molecule has 0 saturated carbocycles. The molecule has 0 fully saturated rings. The fraction of sp³-hybridized carbons (Fsp3) is 0.250. The summed E-state index contributed by atoms with van der Waals surface area (Å²) < 4.78 is 26.0. The largest absolute Gasteiger partial charge is 0.218 e. The van der Waals surface area contributed by atoms with Gasteiger partial charge in [0.05, 0.1) is 5.75 Å². The first kappa shape index (κ1) is 14.8. The molecule has 0 unspecified atom stereocenters. The molecule has 0 radical (unpaired) electrons. The standard InChI is InChI=1S/C16H19NO2S/c1-14-8-10-16(11-9-14)13-20(18,19)17(2)12-15-6-4-3-5-7-15/h3-11H,12-13H2,1-2H3. The second-order valence-electron chi connectivity index (χ2n) is 4.98. The fourth-order valence-corrected chi connectivity index (χ4v) is 3.12. The first-order valence-corrected chi connectivity index (χ1v) is 8.12. The van der Waals surface area contributed by atoms with Crippen LogP contribution in [0.1, 0.15) is 16.7 Å². The molecular formula is C16H19NO2S. The summed E-state index contributed by atoms with van der Waals surface area (Å²) in [6.07, 6.45) is 0. The summed E-state index contributed by atoms with van der Waals surface area (Å²) in [6.45, 7) is 2.38. The van der Waals surface area contributed by atoms with Gasteiger partial charge in [-0.25, -0.2) is 12.7 Å². The van der Waals surface area contributed by atoms with Crippen LogP contribution >= 0.6 is 0 Å². The molecule has 2 aromatic carbocycles. The van der Waals surface area contributed by atoms with Crippen molar-refractivity contribution in [2.75, 3.05) is 7.05 Å². The lowest BCUT2D eigenvalue weighted by molar-refractivity contribution is 0.466. The highest BCUT2D eigenvalue weighted by Crippen LogP contribution is 2.13. The number of aryl methyl sites for hydroxylation is 1. The average Bonchev–Trinajstić information content (AvgIpc) is 2.42. The van der Waals surface area contributed by atoms with E-state index in [1.807, 2.05) is 61.5 Å². The van der Waals surface area contributed by atoms with Gasteiger partial charge >= 0.3 is 0 Å². The third-order valence-electron chi connectivity index (χ3n) is 3.19. The van der Waals surface area contributed by atoms with Crippen LogP contribution in [0, 0.1) is 6.92 Å². The highest BCUT2D eigenvalue weighted by molar-refractivity contribution is 7.88. The normalized spacial score (nSPS) is 11.8. The number of hydrogen-bond acceptors (Lipinski definition) is 2. The van der Waals surface area contributed by atoms with Gasteiger partial charge in [0.25, 0.3) is 0 Å². The van der Waals surface area contributed by atoms with Gasteiger partial charge < -0.3 is 0 Å². The first-order valence-electron chi connectivity index (χ1n) is 6.51. The second kappa shape index (κ2) is 6.20. The van der Waals surface area contributed by atoms with Crippen LogP contribution < -0.4 is 0 Å². The molecule has 0 aliphatic heterocycles. The molecular weight excluding hydrogens is 270 g/mol. The SMILES string of the molecule is Cc1ccc(CS(=O)(=O)N(C)Cc2ccccc2)cc1. The van der Waals surface area contributed by atoms with E-state index >= 15 is 0 Å². The number of nitrogens with zero attached hydrogens (tertiary/aromatic N) is 1. The molecule has 0 saturated heterocycles. The Hall–Kier alpha value is -1.65. The van der Waals surface area contributed by atoms with Gasteiger partial charge in [0.1, 0.15) is 0 Å². The molecule has 106 valence electrons. The van der Waals surface area contributed by atoms with Gasteiger partial charge in [0.2, 0.25) is 10.0 Å². The van der Waals surface area contributed by atoms with E-state index in [0.717, 1.165) is 16.7 Å². The summed E-state index contributed by atoms with van der Waals surface area (Å²) in [7, 11) is -1.67. The van der Waals surface area contributed by atoms with Crippen LogP contribution in [0.15, 0.2) is 54.6 Å². The van der Waals surface area contributed by atoms with E-state index in [0.29, 0.717) is 6.54 Å². The van der Waals surface area contributed by atoms with Gasteiger partial charge in [-0.2, -0.15) is 0 Å². The van der Waals surface area contributed by atoms with Crippen molar-refractivity contribution in [3.05, 3.63) is 71.3 Å². The minimum Gasteiger partial charge on any atom is -0.212 e. The van der Waals surface area contributed by atoms with E-state index < -0.39 is 10.0 Å². The Labute approximate surface area is 120 Å². The van der Waals surface area contributed by atoms with Crippen molar-refractivity contribution in [1.82, 2.24) is 4.31 Å². The van der Waals surface area contributed by atoms with Crippen LogP contribution in [0.3, 0.4) is 0 Å². The number of rotatable bonds is 5. The van der Waals surface area contributed by atoms with Crippen molar-refractivity contribution in [3.63, 3.8) is 0 Å². The summed E-state index contributed by atoms with van der Waals surface area (Å²) in [5.41, 5.74) is 2.93. The number of hydrogen-bond donors (Lipinski definition) is 0. The zero-order valence-electron chi connectivity index (χ0n) is 11.8. The smallest absolute Gasteiger partial charge is 0.212 e. The molecule has 2 rings (SSSR count). The maximum atomic E-state index is 12.3. The Balaban J connectivity index is 2.08. The summed E-state index contributed by atoms with van der Waals surface area (Å²) in [6, 6.07) is 17.2. The number of sulfonamides is 1. The molecule has 20 heavy (non-hydrogen) atoms. The molecule has 0 atom stereocenters. The lowest BCUT2D eigenvalue weighted by Gasteiger charge is -2.17. The quantitative estimate of drug-likeness (QED) is 0.848. The van der Waals surface area contributed by atoms with E-state index in [1.165, 1.54) is 4.31 Å². The Kier molecular flexibility index (Phi) is 4.57. The molecule has 2 aromatic rings. The third-order valence-corrected chi connectivity index (χ3v) is 4.97. The molecule has 0 heterocycles. The summed E-state index contributed by atoms with van der Waals surface area (Å²) in [5, 5.41) is 0. The lowest BCUT2D eigenvalue weighted by atomic mass is 10.2. The van der Waals surface area contributed by atoms with E-state index in [4.69, 9.17) is 0 Å². The Morgan fingerprint density at radius 3 is 2.10 bits per heavy atom. The van der Waals surface area contributed by atoms with Gasteiger partial charge in [0.15, 0.2) is 0 Å². The Bertz CT molecular complexity index is 649. The Morgan fingerprint density at radius 1 is 0.900 bits per heavy atom.